The summed E-state index contributed by atoms with van der Waals surface area (Å²) in [4.78, 5) is 23.1. The number of rotatable bonds is 5. The Bertz CT molecular complexity index is 694. The summed E-state index contributed by atoms with van der Waals surface area (Å²) < 4.78 is 3.82. The molecular weight excluding hydrogens is 328 g/mol. The predicted octanol–water partition coefficient (Wildman–Crippen LogP) is 0.652. The van der Waals surface area contributed by atoms with Crippen LogP contribution in [-0.2, 0) is 6.42 Å². The van der Waals surface area contributed by atoms with Crippen LogP contribution in [0.5, 0.6) is 0 Å². The van der Waals surface area contributed by atoms with E-state index in [0.29, 0.717) is 30.0 Å². The van der Waals surface area contributed by atoms with Crippen molar-refractivity contribution in [3.63, 3.8) is 0 Å². The molecule has 0 radical (unpaired) electrons. The molecule has 1 saturated heterocycles. The highest BCUT2D eigenvalue weighted by atomic mass is 32.1. The van der Waals surface area contributed by atoms with Crippen LogP contribution in [0.1, 0.15) is 35.1 Å². The Morgan fingerprint density at radius 2 is 2.38 bits per heavy atom. The van der Waals surface area contributed by atoms with E-state index in [9.17, 15) is 9.90 Å². The molecule has 128 valence electrons. The van der Waals surface area contributed by atoms with E-state index in [1.54, 1.807) is 18.6 Å². The van der Waals surface area contributed by atoms with E-state index in [1.165, 1.54) is 0 Å². The highest BCUT2D eigenvalue weighted by Gasteiger charge is 2.34. The molecule has 3 heterocycles. The van der Waals surface area contributed by atoms with Crippen LogP contribution in [0.25, 0.3) is 0 Å². The zero-order chi connectivity index (χ0) is 17.0. The number of carbonyl (C=O) groups is 1. The van der Waals surface area contributed by atoms with Crippen molar-refractivity contribution in [2.45, 2.75) is 31.8 Å². The molecule has 0 unspecified atom stereocenters. The maximum atomic E-state index is 12.3. The third-order valence-corrected chi connectivity index (χ3v) is 4.87. The topological polar surface area (TPSA) is 104 Å². The summed E-state index contributed by atoms with van der Waals surface area (Å²) in [5.74, 6) is 0.508. The van der Waals surface area contributed by atoms with Crippen molar-refractivity contribution in [2.24, 2.45) is 0 Å². The number of piperidine rings is 1. The summed E-state index contributed by atoms with van der Waals surface area (Å²) in [6.45, 7) is 3.34. The lowest BCUT2D eigenvalue weighted by Crippen LogP contribution is -2.54. The number of aryl methyl sites for hydroxylation is 1. The molecule has 0 bridgehead atoms. The minimum atomic E-state index is -0.990. The van der Waals surface area contributed by atoms with Crippen molar-refractivity contribution in [2.75, 3.05) is 24.5 Å². The number of hydrogen-bond acceptors (Lipinski definition) is 8. The van der Waals surface area contributed by atoms with Gasteiger partial charge in [-0.25, -0.2) is 4.98 Å². The zero-order valence-electron chi connectivity index (χ0n) is 13.5. The lowest BCUT2D eigenvalue weighted by atomic mass is 9.92. The van der Waals surface area contributed by atoms with Gasteiger partial charge in [0.2, 0.25) is 0 Å². The average Bonchev–Trinajstić information content (AvgIpc) is 3.09. The fourth-order valence-electron chi connectivity index (χ4n) is 2.84. The number of amides is 1. The summed E-state index contributed by atoms with van der Waals surface area (Å²) in [6, 6.07) is 0. The van der Waals surface area contributed by atoms with Gasteiger partial charge in [0.1, 0.15) is 10.7 Å². The van der Waals surface area contributed by atoms with Crippen LogP contribution < -0.4 is 10.2 Å². The molecule has 1 aliphatic heterocycles. The van der Waals surface area contributed by atoms with Crippen LogP contribution in [0.4, 0.5) is 5.82 Å². The van der Waals surface area contributed by atoms with Gasteiger partial charge < -0.3 is 15.3 Å². The fraction of sp³-hybridized carbons (Fsp3) is 0.533. The van der Waals surface area contributed by atoms with E-state index in [2.05, 4.69) is 24.9 Å². The van der Waals surface area contributed by atoms with Gasteiger partial charge in [0.15, 0.2) is 0 Å². The maximum Gasteiger partial charge on any atom is 0.265 e. The Labute approximate surface area is 144 Å². The van der Waals surface area contributed by atoms with Crippen molar-refractivity contribution in [3.8, 4) is 0 Å². The molecule has 2 aromatic heterocycles. The molecule has 1 atom stereocenters. The Hall–Kier alpha value is -2.13. The van der Waals surface area contributed by atoms with Gasteiger partial charge in [-0.2, -0.15) is 0 Å². The first-order valence-electron chi connectivity index (χ1n) is 7.94. The lowest BCUT2D eigenvalue weighted by molar-refractivity contribution is 0.0254. The Morgan fingerprint density at radius 3 is 3.12 bits per heavy atom. The first kappa shape index (κ1) is 16.7. The number of aromatic nitrogens is 4. The molecule has 0 aliphatic carbocycles. The van der Waals surface area contributed by atoms with Crippen molar-refractivity contribution in [3.05, 3.63) is 29.2 Å². The molecule has 9 heteroatoms. The van der Waals surface area contributed by atoms with Crippen molar-refractivity contribution in [1.82, 2.24) is 24.9 Å². The molecule has 0 spiro atoms. The standard InChI is InChI=1S/C15H20N6O2S/c1-2-11-13(24-20-19-11)14(22)18-9-15(23)4-3-7-21(10-15)12-8-16-5-6-17-12/h5-6,8,23H,2-4,7,9-10H2,1H3,(H,18,22)/t15-/m0/s1. The number of hydrogen-bond donors (Lipinski definition) is 2. The van der Waals surface area contributed by atoms with Gasteiger partial charge in [0.05, 0.1) is 17.5 Å². The monoisotopic (exact) mass is 348 g/mol. The van der Waals surface area contributed by atoms with E-state index < -0.39 is 5.60 Å². The third-order valence-electron chi connectivity index (χ3n) is 4.10. The van der Waals surface area contributed by atoms with Gasteiger partial charge in [0.25, 0.3) is 5.91 Å². The second kappa shape index (κ2) is 7.18. The van der Waals surface area contributed by atoms with Gasteiger partial charge in [0, 0.05) is 32.0 Å². The summed E-state index contributed by atoms with van der Waals surface area (Å²) >= 11 is 1.08. The first-order valence-corrected chi connectivity index (χ1v) is 8.71. The number of aliphatic hydroxyl groups is 1. The van der Waals surface area contributed by atoms with Gasteiger partial charge in [-0.1, -0.05) is 11.4 Å². The number of nitrogens with one attached hydrogen (secondary N) is 1. The van der Waals surface area contributed by atoms with E-state index >= 15 is 0 Å². The fourth-order valence-corrected chi connectivity index (χ4v) is 3.51. The summed E-state index contributed by atoms with van der Waals surface area (Å²) in [7, 11) is 0. The van der Waals surface area contributed by atoms with Crippen LogP contribution in [0.2, 0.25) is 0 Å². The molecule has 0 saturated carbocycles. The van der Waals surface area contributed by atoms with Crippen LogP contribution in [0, 0.1) is 0 Å². The van der Waals surface area contributed by atoms with Gasteiger partial charge in [-0.15, -0.1) is 5.10 Å². The quantitative estimate of drug-likeness (QED) is 0.817. The molecule has 8 nitrogen and oxygen atoms in total. The molecule has 2 N–H and O–H groups in total. The first-order chi connectivity index (χ1) is 11.6. The summed E-state index contributed by atoms with van der Waals surface area (Å²) in [6.07, 6.45) is 7.05. The van der Waals surface area contributed by atoms with Crippen LogP contribution >= 0.6 is 11.5 Å². The highest BCUT2D eigenvalue weighted by Crippen LogP contribution is 2.24. The second-order valence-corrected chi connectivity index (χ2v) is 6.65. The largest absolute Gasteiger partial charge is 0.386 e. The Balaban J connectivity index is 1.62. The number of anilines is 1. The van der Waals surface area contributed by atoms with Crippen LogP contribution in [0.15, 0.2) is 18.6 Å². The molecule has 0 aromatic carbocycles. The smallest absolute Gasteiger partial charge is 0.265 e. The van der Waals surface area contributed by atoms with Crippen molar-refractivity contribution >= 4 is 23.3 Å². The minimum Gasteiger partial charge on any atom is -0.386 e. The summed E-state index contributed by atoms with van der Waals surface area (Å²) in [5.41, 5.74) is -0.301. The van der Waals surface area contributed by atoms with Gasteiger partial charge in [-0.05, 0) is 30.8 Å². The maximum absolute atomic E-state index is 12.3. The molecule has 1 fully saturated rings. The normalized spacial score (nSPS) is 20.8. The van der Waals surface area contributed by atoms with Crippen molar-refractivity contribution in [1.29, 1.82) is 0 Å². The second-order valence-electron chi connectivity index (χ2n) is 5.90. The van der Waals surface area contributed by atoms with Crippen LogP contribution in [0.3, 0.4) is 0 Å². The molecule has 1 aliphatic rings. The summed E-state index contributed by atoms with van der Waals surface area (Å²) in [5, 5.41) is 17.6. The highest BCUT2D eigenvalue weighted by molar-refractivity contribution is 7.08. The number of β-amino-alcohol motifs (C(OH)–C–C–N with tert-alkyl or cyclic N) is 1. The zero-order valence-corrected chi connectivity index (χ0v) is 14.3. The van der Waals surface area contributed by atoms with E-state index in [0.717, 1.165) is 30.3 Å². The molecule has 2 aromatic rings. The molecule has 24 heavy (non-hydrogen) atoms. The average molecular weight is 348 g/mol. The van der Waals surface area contributed by atoms with E-state index in [-0.39, 0.29) is 12.5 Å². The van der Waals surface area contributed by atoms with Crippen LogP contribution in [-0.4, -0.2) is 55.8 Å². The number of carbonyl (C=O) groups excluding carboxylic acids is 1. The van der Waals surface area contributed by atoms with E-state index in [1.807, 2.05) is 11.8 Å². The lowest BCUT2D eigenvalue weighted by Gasteiger charge is -2.39. The SMILES string of the molecule is CCc1nnsc1C(=O)NC[C@@]1(O)CCCN(c2cnccn2)C1. The van der Waals surface area contributed by atoms with Gasteiger partial charge in [-0.3, -0.25) is 9.78 Å². The molecule has 1 amide bonds. The molecular formula is C15H20N6O2S. The predicted molar refractivity (Wildman–Crippen MR) is 90.0 cm³/mol. The van der Waals surface area contributed by atoms with Crippen molar-refractivity contribution < 1.29 is 9.90 Å². The minimum absolute atomic E-state index is 0.184. The Kier molecular flexibility index (Phi) is 5.00. The Morgan fingerprint density at radius 1 is 1.50 bits per heavy atom. The van der Waals surface area contributed by atoms with E-state index in [4.69, 9.17) is 0 Å². The molecule has 3 rings (SSSR count). The number of nitrogens with zero attached hydrogens (tertiary/aromatic N) is 5. The third kappa shape index (κ3) is 3.68. The van der Waals surface area contributed by atoms with Gasteiger partial charge >= 0.3 is 0 Å².